The van der Waals surface area contributed by atoms with Gasteiger partial charge >= 0.3 is 0 Å². The quantitative estimate of drug-likeness (QED) is 0.212. The zero-order valence-corrected chi connectivity index (χ0v) is 23.5. The average molecular weight is 564 g/mol. The number of carbonyl (C=O) groups excluding carboxylic acids is 2. The normalized spacial score (nSPS) is 16.0. The van der Waals surface area contributed by atoms with Gasteiger partial charge in [0.2, 0.25) is 11.8 Å². The Morgan fingerprint density at radius 1 is 0.878 bits per heavy atom. The minimum atomic E-state index is -0.604. The molecule has 0 aromatic heterocycles. The van der Waals surface area contributed by atoms with Crippen LogP contribution in [0.3, 0.4) is 0 Å². The molecule has 1 fully saturated rings. The van der Waals surface area contributed by atoms with Crippen LogP contribution in [0.2, 0.25) is 0 Å². The van der Waals surface area contributed by atoms with E-state index in [1.165, 1.54) is 11.8 Å². The molecule has 9 heteroatoms. The number of carbonyl (C=O) groups is 2. The molecule has 1 atom stereocenters. The lowest BCUT2D eigenvalue weighted by atomic mass is 10.1. The van der Waals surface area contributed by atoms with Crippen LogP contribution in [0, 0.1) is 6.92 Å². The molecule has 0 radical (unpaired) electrons. The molecule has 0 unspecified atom stereocenters. The van der Waals surface area contributed by atoms with Gasteiger partial charge in [0.1, 0.15) is 11.0 Å². The number of para-hydroxylation sites is 1. The highest BCUT2D eigenvalue weighted by Crippen LogP contribution is 2.34. The second kappa shape index (κ2) is 13.1. The van der Waals surface area contributed by atoms with E-state index in [-0.39, 0.29) is 24.8 Å². The number of amidine groups is 1. The van der Waals surface area contributed by atoms with Crippen LogP contribution in [0.1, 0.15) is 17.5 Å². The zero-order valence-electron chi connectivity index (χ0n) is 22.7. The molecule has 1 saturated heterocycles. The van der Waals surface area contributed by atoms with Crippen LogP contribution in [-0.2, 0) is 16.1 Å². The maximum Gasteiger partial charge on any atom is 0.242 e. The van der Waals surface area contributed by atoms with Gasteiger partial charge in [0, 0.05) is 17.7 Å². The first-order valence-corrected chi connectivity index (χ1v) is 14.0. The molecule has 1 heterocycles. The van der Waals surface area contributed by atoms with Crippen molar-refractivity contribution >= 4 is 51.5 Å². The Bertz CT molecular complexity index is 1590. The molecular formula is C32H29N5O3S. The van der Waals surface area contributed by atoms with Gasteiger partial charge in [-0.2, -0.15) is 10.2 Å². The predicted molar refractivity (Wildman–Crippen MR) is 164 cm³/mol. The van der Waals surface area contributed by atoms with Crippen LogP contribution in [0.15, 0.2) is 118 Å². The largest absolute Gasteiger partial charge is 0.496 e. The summed E-state index contributed by atoms with van der Waals surface area (Å²) in [6.07, 6.45) is 0.00816. The van der Waals surface area contributed by atoms with Crippen molar-refractivity contribution in [2.24, 2.45) is 15.2 Å². The first kappa shape index (κ1) is 27.8. The number of anilines is 1. The van der Waals surface area contributed by atoms with Crippen molar-refractivity contribution in [2.45, 2.75) is 25.1 Å². The third-order valence-corrected chi connectivity index (χ3v) is 7.50. The van der Waals surface area contributed by atoms with Gasteiger partial charge in [0.05, 0.1) is 30.7 Å². The fourth-order valence-electron chi connectivity index (χ4n) is 4.28. The summed E-state index contributed by atoms with van der Waals surface area (Å²) in [4.78, 5) is 33.0. The van der Waals surface area contributed by atoms with E-state index in [0.29, 0.717) is 22.3 Å². The SMILES string of the molecule is COc1ccccc1CN1C(=O)[C@H](CC(=O)Nc2ccc(N=Nc3ccccc3)cc2)SC1=Nc1cccc(C)c1. The lowest BCUT2D eigenvalue weighted by molar-refractivity contribution is -0.128. The van der Waals surface area contributed by atoms with Crippen LogP contribution in [0.5, 0.6) is 5.75 Å². The molecule has 0 bridgehead atoms. The Morgan fingerprint density at radius 3 is 2.29 bits per heavy atom. The summed E-state index contributed by atoms with van der Waals surface area (Å²) in [5.74, 6) is 0.260. The molecule has 1 N–H and O–H groups in total. The third-order valence-electron chi connectivity index (χ3n) is 6.33. The number of thioether (sulfide) groups is 1. The van der Waals surface area contributed by atoms with Crippen molar-refractivity contribution in [2.75, 3.05) is 12.4 Å². The van der Waals surface area contributed by atoms with Crippen LogP contribution in [-0.4, -0.2) is 34.2 Å². The van der Waals surface area contributed by atoms with Crippen molar-refractivity contribution in [3.05, 3.63) is 114 Å². The van der Waals surface area contributed by atoms with E-state index in [9.17, 15) is 9.59 Å². The smallest absolute Gasteiger partial charge is 0.242 e. The Morgan fingerprint density at radius 2 is 1.56 bits per heavy atom. The Balaban J connectivity index is 1.28. The van der Waals surface area contributed by atoms with Gasteiger partial charge in [0.15, 0.2) is 5.17 Å². The maximum absolute atomic E-state index is 13.6. The maximum atomic E-state index is 13.6. The number of methoxy groups -OCH3 is 1. The van der Waals surface area contributed by atoms with Crippen LogP contribution in [0.25, 0.3) is 0 Å². The number of azo groups is 1. The van der Waals surface area contributed by atoms with Crippen molar-refractivity contribution in [3.63, 3.8) is 0 Å². The zero-order chi connectivity index (χ0) is 28.6. The summed E-state index contributed by atoms with van der Waals surface area (Å²) < 4.78 is 5.50. The van der Waals surface area contributed by atoms with Gasteiger partial charge in [-0.15, -0.1) is 0 Å². The number of benzene rings is 4. The topological polar surface area (TPSA) is 95.7 Å². The molecule has 2 amide bonds. The first-order chi connectivity index (χ1) is 20.0. The summed E-state index contributed by atoms with van der Waals surface area (Å²) in [5.41, 5.74) is 4.71. The first-order valence-electron chi connectivity index (χ1n) is 13.1. The number of rotatable bonds is 9. The van der Waals surface area contributed by atoms with Crippen LogP contribution >= 0.6 is 11.8 Å². The lowest BCUT2D eigenvalue weighted by Gasteiger charge is -2.18. The molecule has 0 spiro atoms. The fourth-order valence-corrected chi connectivity index (χ4v) is 5.44. The number of ether oxygens (including phenoxy) is 1. The molecule has 0 aliphatic carbocycles. The van der Waals surface area contributed by atoms with E-state index in [0.717, 1.165) is 22.5 Å². The summed E-state index contributed by atoms with van der Waals surface area (Å²) in [6, 6.07) is 31.9. The average Bonchev–Trinajstić information content (AvgIpc) is 3.26. The number of hydrogen-bond acceptors (Lipinski definition) is 7. The minimum absolute atomic E-state index is 0.00816. The number of hydrogen-bond donors (Lipinski definition) is 1. The summed E-state index contributed by atoms with van der Waals surface area (Å²) >= 11 is 1.30. The van der Waals surface area contributed by atoms with Crippen molar-refractivity contribution in [1.82, 2.24) is 4.90 Å². The van der Waals surface area contributed by atoms with Gasteiger partial charge in [-0.3, -0.25) is 14.5 Å². The van der Waals surface area contributed by atoms with Gasteiger partial charge in [-0.1, -0.05) is 60.3 Å². The number of nitrogens with zero attached hydrogens (tertiary/aromatic N) is 4. The predicted octanol–water partition coefficient (Wildman–Crippen LogP) is 7.58. The highest BCUT2D eigenvalue weighted by Gasteiger charge is 2.39. The Hall–Kier alpha value is -4.76. The third kappa shape index (κ3) is 7.26. The van der Waals surface area contributed by atoms with Crippen molar-refractivity contribution in [1.29, 1.82) is 0 Å². The molecule has 5 rings (SSSR count). The van der Waals surface area contributed by atoms with E-state index in [1.54, 1.807) is 36.3 Å². The van der Waals surface area contributed by atoms with E-state index in [4.69, 9.17) is 9.73 Å². The molecule has 8 nitrogen and oxygen atoms in total. The fraction of sp³-hybridized carbons (Fsp3) is 0.156. The van der Waals surface area contributed by atoms with E-state index in [1.807, 2.05) is 85.8 Å². The highest BCUT2D eigenvalue weighted by molar-refractivity contribution is 8.15. The van der Waals surface area contributed by atoms with Gasteiger partial charge in [-0.25, -0.2) is 4.99 Å². The second-order valence-corrected chi connectivity index (χ2v) is 10.6. The van der Waals surface area contributed by atoms with E-state index >= 15 is 0 Å². The number of aryl methyl sites for hydroxylation is 1. The van der Waals surface area contributed by atoms with Crippen molar-refractivity contribution in [3.8, 4) is 5.75 Å². The van der Waals surface area contributed by atoms with Gasteiger partial charge < -0.3 is 10.1 Å². The second-order valence-electron chi connectivity index (χ2n) is 9.41. The molecule has 0 saturated carbocycles. The van der Waals surface area contributed by atoms with Crippen LogP contribution in [0.4, 0.5) is 22.7 Å². The molecule has 1 aliphatic rings. The molecule has 4 aromatic carbocycles. The lowest BCUT2D eigenvalue weighted by Crippen LogP contribution is -2.33. The van der Waals surface area contributed by atoms with Crippen LogP contribution < -0.4 is 10.1 Å². The molecule has 4 aromatic rings. The van der Waals surface area contributed by atoms with E-state index < -0.39 is 5.25 Å². The molecule has 1 aliphatic heterocycles. The van der Waals surface area contributed by atoms with Gasteiger partial charge in [-0.05, 0) is 67.1 Å². The minimum Gasteiger partial charge on any atom is -0.496 e. The highest BCUT2D eigenvalue weighted by atomic mass is 32.2. The summed E-state index contributed by atoms with van der Waals surface area (Å²) in [6.45, 7) is 2.28. The van der Waals surface area contributed by atoms with Gasteiger partial charge in [0.25, 0.3) is 0 Å². The molecule has 206 valence electrons. The molecule has 41 heavy (non-hydrogen) atoms. The number of nitrogens with one attached hydrogen (secondary N) is 1. The number of amides is 2. The van der Waals surface area contributed by atoms with Crippen molar-refractivity contribution < 1.29 is 14.3 Å². The monoisotopic (exact) mass is 563 g/mol. The summed E-state index contributed by atoms with van der Waals surface area (Å²) in [7, 11) is 1.60. The van der Waals surface area contributed by atoms with E-state index in [2.05, 4.69) is 15.5 Å². The molecular weight excluding hydrogens is 534 g/mol. The Kier molecular flexibility index (Phi) is 8.85. The number of aliphatic imine (C=N–C) groups is 1. The standard InChI is InChI=1S/C32H29N5O3S/c1-22-9-8-13-27(19-22)34-32-37(21-23-10-6-7-14-28(23)40-2)31(39)29(41-32)20-30(38)33-24-15-17-26(18-16-24)36-35-25-11-4-3-5-12-25/h3-19,29H,20-21H2,1-2H3,(H,33,38)/t29-/m0/s1. The summed E-state index contributed by atoms with van der Waals surface area (Å²) in [5, 5.41) is 11.3. The Labute approximate surface area is 243 Å².